The molecule has 136 valence electrons. The summed E-state index contributed by atoms with van der Waals surface area (Å²) in [6, 6.07) is 2.13. The quantitative estimate of drug-likeness (QED) is 0.893. The van der Waals surface area contributed by atoms with Crippen molar-refractivity contribution in [2.75, 3.05) is 19.7 Å². The Morgan fingerprint density at radius 3 is 2.64 bits per heavy atom. The lowest BCUT2D eigenvalue weighted by atomic mass is 9.84. The standard InChI is InChI=1S/C19H25NO4S/c1-11-5-9-25-17(11)14-10-15(14)18(21)20-6-2-12(3-7-20)16-13(19(22)23)4-8-24-16/h5,9,12-16H,2-4,6-8,10H2,1H3,(H,22,23)/t13?,14?,15?,16-/m0/s1. The number of rotatable bonds is 4. The number of carbonyl (C=O) groups excluding carboxylic acids is 1. The average Bonchev–Trinajstić information content (AvgIpc) is 3.03. The van der Waals surface area contributed by atoms with E-state index in [0.717, 1.165) is 32.4 Å². The summed E-state index contributed by atoms with van der Waals surface area (Å²) in [5.74, 6) is 0.0127. The monoisotopic (exact) mass is 363 g/mol. The highest BCUT2D eigenvalue weighted by atomic mass is 32.1. The van der Waals surface area contributed by atoms with Gasteiger partial charge in [-0.25, -0.2) is 0 Å². The van der Waals surface area contributed by atoms with Gasteiger partial charge >= 0.3 is 5.97 Å². The number of likely N-dealkylation sites (tertiary alicyclic amines) is 1. The summed E-state index contributed by atoms with van der Waals surface area (Å²) < 4.78 is 5.72. The molecule has 1 aromatic rings. The third-order valence-electron chi connectivity index (χ3n) is 6.11. The van der Waals surface area contributed by atoms with E-state index in [2.05, 4.69) is 18.4 Å². The van der Waals surface area contributed by atoms with Gasteiger partial charge < -0.3 is 14.7 Å². The highest BCUT2D eigenvalue weighted by Gasteiger charge is 2.48. The van der Waals surface area contributed by atoms with Crippen molar-refractivity contribution < 1.29 is 19.4 Å². The second-order valence-electron chi connectivity index (χ2n) is 7.65. The summed E-state index contributed by atoms with van der Waals surface area (Å²) in [5, 5.41) is 11.4. The number of nitrogens with zero attached hydrogens (tertiary/aromatic N) is 1. The Morgan fingerprint density at radius 2 is 2.00 bits per heavy atom. The van der Waals surface area contributed by atoms with E-state index in [1.165, 1.54) is 10.4 Å². The van der Waals surface area contributed by atoms with E-state index >= 15 is 0 Å². The van der Waals surface area contributed by atoms with Crippen LogP contribution in [0.5, 0.6) is 0 Å². The van der Waals surface area contributed by atoms with Gasteiger partial charge in [0.15, 0.2) is 0 Å². The Labute approximate surface area is 152 Å². The minimum absolute atomic E-state index is 0.156. The maximum atomic E-state index is 12.8. The van der Waals surface area contributed by atoms with Crippen LogP contribution in [-0.2, 0) is 14.3 Å². The molecule has 2 aliphatic heterocycles. The Bertz CT molecular complexity index is 664. The molecule has 1 aliphatic carbocycles. The number of piperidine rings is 1. The van der Waals surface area contributed by atoms with Crippen molar-refractivity contribution >= 4 is 23.2 Å². The number of aryl methyl sites for hydroxylation is 1. The zero-order chi connectivity index (χ0) is 17.6. The molecule has 0 bridgehead atoms. The minimum Gasteiger partial charge on any atom is -0.481 e. The molecule has 3 unspecified atom stereocenters. The van der Waals surface area contributed by atoms with Gasteiger partial charge in [0.1, 0.15) is 0 Å². The summed E-state index contributed by atoms with van der Waals surface area (Å²) in [6.07, 6.45) is 3.14. The van der Waals surface area contributed by atoms with Gasteiger partial charge in [0.05, 0.1) is 12.0 Å². The highest BCUT2D eigenvalue weighted by molar-refractivity contribution is 7.10. The van der Waals surface area contributed by atoms with E-state index in [-0.39, 0.29) is 23.9 Å². The van der Waals surface area contributed by atoms with Crippen LogP contribution < -0.4 is 0 Å². The van der Waals surface area contributed by atoms with Crippen LogP contribution in [0.3, 0.4) is 0 Å². The first-order valence-electron chi connectivity index (χ1n) is 9.23. The van der Waals surface area contributed by atoms with Gasteiger partial charge in [-0.2, -0.15) is 0 Å². The average molecular weight is 363 g/mol. The Hall–Kier alpha value is -1.40. The molecule has 0 radical (unpaired) electrons. The maximum Gasteiger partial charge on any atom is 0.309 e. The summed E-state index contributed by atoms with van der Waals surface area (Å²) in [6.45, 7) is 4.15. The predicted molar refractivity (Wildman–Crippen MR) is 94.7 cm³/mol. The summed E-state index contributed by atoms with van der Waals surface area (Å²) in [7, 11) is 0. The van der Waals surface area contributed by atoms with Crippen molar-refractivity contribution in [3.05, 3.63) is 21.9 Å². The van der Waals surface area contributed by atoms with Crippen LogP contribution in [0.25, 0.3) is 0 Å². The van der Waals surface area contributed by atoms with E-state index in [4.69, 9.17) is 4.74 Å². The molecular formula is C19H25NO4S. The lowest BCUT2D eigenvalue weighted by Gasteiger charge is -2.35. The molecule has 25 heavy (non-hydrogen) atoms. The number of thiophene rings is 1. The van der Waals surface area contributed by atoms with E-state index in [9.17, 15) is 14.7 Å². The van der Waals surface area contributed by atoms with Crippen LogP contribution >= 0.6 is 11.3 Å². The molecular weight excluding hydrogens is 338 g/mol. The van der Waals surface area contributed by atoms with Crippen LogP contribution in [0.1, 0.15) is 42.0 Å². The number of amides is 1. The molecule has 5 nitrogen and oxygen atoms in total. The fraction of sp³-hybridized carbons (Fsp3) is 0.684. The Kier molecular flexibility index (Phi) is 4.58. The fourth-order valence-electron chi connectivity index (χ4n) is 4.55. The maximum absolute atomic E-state index is 12.8. The lowest BCUT2D eigenvalue weighted by Crippen LogP contribution is -2.44. The van der Waals surface area contributed by atoms with Gasteiger partial charge in [-0.15, -0.1) is 11.3 Å². The number of carboxylic acids is 1. The van der Waals surface area contributed by atoms with Crippen molar-refractivity contribution in [1.82, 2.24) is 4.90 Å². The second-order valence-corrected chi connectivity index (χ2v) is 8.60. The summed E-state index contributed by atoms with van der Waals surface area (Å²) >= 11 is 1.77. The van der Waals surface area contributed by atoms with Crippen LogP contribution in [0.2, 0.25) is 0 Å². The third-order valence-corrected chi connectivity index (χ3v) is 7.27. The number of hydrogen-bond acceptors (Lipinski definition) is 4. The van der Waals surface area contributed by atoms with Gasteiger partial charge in [-0.05, 0) is 55.5 Å². The molecule has 6 heteroatoms. The Balaban J connectivity index is 1.31. The minimum atomic E-state index is -0.742. The highest BCUT2D eigenvalue weighted by Crippen LogP contribution is 2.51. The van der Waals surface area contributed by atoms with Gasteiger partial charge in [0.2, 0.25) is 5.91 Å². The first-order chi connectivity index (χ1) is 12.1. The van der Waals surface area contributed by atoms with E-state index in [1.54, 1.807) is 11.3 Å². The molecule has 2 saturated heterocycles. The zero-order valence-electron chi connectivity index (χ0n) is 14.5. The van der Waals surface area contributed by atoms with E-state index < -0.39 is 5.97 Å². The second kappa shape index (κ2) is 6.72. The summed E-state index contributed by atoms with van der Waals surface area (Å²) in [4.78, 5) is 27.5. The van der Waals surface area contributed by atoms with E-state index in [1.807, 2.05) is 4.90 Å². The zero-order valence-corrected chi connectivity index (χ0v) is 15.3. The molecule has 3 aliphatic rings. The molecule has 4 rings (SSSR count). The van der Waals surface area contributed by atoms with E-state index in [0.29, 0.717) is 24.9 Å². The van der Waals surface area contributed by atoms with Gasteiger partial charge in [0.25, 0.3) is 0 Å². The van der Waals surface area contributed by atoms with Gasteiger partial charge in [0, 0.05) is 36.4 Å². The normalized spacial score (nSPS) is 32.8. The number of hydrogen-bond donors (Lipinski definition) is 1. The molecule has 1 saturated carbocycles. The number of carbonyl (C=O) groups is 2. The molecule has 3 fully saturated rings. The van der Waals surface area contributed by atoms with Crippen LogP contribution in [0, 0.1) is 24.7 Å². The van der Waals surface area contributed by atoms with Crippen molar-refractivity contribution in [3.63, 3.8) is 0 Å². The fourth-order valence-corrected chi connectivity index (χ4v) is 5.65. The molecule has 4 atom stereocenters. The first kappa shape index (κ1) is 17.0. The van der Waals surface area contributed by atoms with Gasteiger partial charge in [-0.1, -0.05) is 0 Å². The van der Waals surface area contributed by atoms with Crippen LogP contribution in [0.4, 0.5) is 0 Å². The van der Waals surface area contributed by atoms with Crippen LogP contribution in [-0.4, -0.2) is 47.7 Å². The lowest BCUT2D eigenvalue weighted by molar-refractivity contribution is -0.146. The summed E-state index contributed by atoms with van der Waals surface area (Å²) in [5.41, 5.74) is 1.31. The van der Waals surface area contributed by atoms with Crippen molar-refractivity contribution in [3.8, 4) is 0 Å². The number of carboxylic acid groups (broad SMARTS) is 1. The molecule has 1 amide bonds. The largest absolute Gasteiger partial charge is 0.481 e. The molecule has 1 N–H and O–H groups in total. The first-order valence-corrected chi connectivity index (χ1v) is 10.1. The van der Waals surface area contributed by atoms with Crippen molar-refractivity contribution in [1.29, 1.82) is 0 Å². The number of aliphatic carboxylic acids is 1. The molecule has 0 aromatic carbocycles. The smallest absolute Gasteiger partial charge is 0.309 e. The van der Waals surface area contributed by atoms with Gasteiger partial charge in [-0.3, -0.25) is 9.59 Å². The Morgan fingerprint density at radius 1 is 1.24 bits per heavy atom. The predicted octanol–water partition coefficient (Wildman–Crippen LogP) is 2.89. The SMILES string of the molecule is Cc1ccsc1C1CC1C(=O)N1CCC([C@@H]2OCCC2C(=O)O)CC1. The van der Waals surface area contributed by atoms with Crippen molar-refractivity contribution in [2.24, 2.45) is 17.8 Å². The topological polar surface area (TPSA) is 66.8 Å². The van der Waals surface area contributed by atoms with Crippen LogP contribution in [0.15, 0.2) is 11.4 Å². The number of ether oxygens (including phenoxy) is 1. The third kappa shape index (κ3) is 3.22. The molecule has 0 spiro atoms. The molecule has 1 aromatic heterocycles. The molecule has 3 heterocycles. The van der Waals surface area contributed by atoms with Crippen molar-refractivity contribution in [2.45, 2.75) is 44.6 Å².